The number of nitrogens with one attached hydrogen (secondary N) is 3. The Labute approximate surface area is 196 Å². The Morgan fingerprint density at radius 1 is 1.06 bits per heavy atom. The number of urea groups is 1. The first-order valence-corrected chi connectivity index (χ1v) is 11.7. The van der Waals surface area contributed by atoms with Gasteiger partial charge in [-0.25, -0.2) is 4.79 Å². The van der Waals surface area contributed by atoms with Crippen molar-refractivity contribution in [2.24, 2.45) is 5.92 Å². The van der Waals surface area contributed by atoms with Gasteiger partial charge in [0.2, 0.25) is 0 Å². The quantitative estimate of drug-likeness (QED) is 0.495. The molecule has 3 N–H and O–H groups in total. The zero-order valence-electron chi connectivity index (χ0n) is 20.2. The van der Waals surface area contributed by atoms with Gasteiger partial charge in [0.1, 0.15) is 0 Å². The predicted octanol–water partition coefficient (Wildman–Crippen LogP) is 4.95. The third-order valence-electron chi connectivity index (χ3n) is 6.15. The summed E-state index contributed by atoms with van der Waals surface area (Å²) in [5.74, 6) is 0.556. The number of nitrogens with zero attached hydrogens (tertiary/aromatic N) is 1. The Bertz CT molecular complexity index is 948. The molecule has 0 atom stereocenters. The first-order valence-electron chi connectivity index (χ1n) is 11.7. The number of hydrogen-bond acceptors (Lipinski definition) is 4. The van der Waals surface area contributed by atoms with Crippen LogP contribution in [0.2, 0.25) is 0 Å². The fourth-order valence-electron chi connectivity index (χ4n) is 4.12. The number of methoxy groups -OCH3 is 1. The number of rotatable bonds is 8. The maximum Gasteiger partial charge on any atom is 0.323 e. The number of piperidine rings is 1. The SMILES string of the molecule is COCCCNC(=O)c1cc(NC(=O)Nc2c(C)cccc2C)ccc1N1CCC(C)CC1. The van der Waals surface area contributed by atoms with Crippen molar-refractivity contribution >= 4 is 29.0 Å². The molecule has 0 aromatic heterocycles. The number of benzene rings is 2. The Balaban J connectivity index is 1.77. The van der Waals surface area contributed by atoms with E-state index in [2.05, 4.69) is 27.8 Å². The van der Waals surface area contributed by atoms with Crippen molar-refractivity contribution in [1.29, 1.82) is 0 Å². The van der Waals surface area contributed by atoms with Crippen molar-refractivity contribution in [3.8, 4) is 0 Å². The van der Waals surface area contributed by atoms with E-state index < -0.39 is 0 Å². The Kier molecular flexibility index (Phi) is 8.72. The van der Waals surface area contributed by atoms with Crippen molar-refractivity contribution in [3.63, 3.8) is 0 Å². The summed E-state index contributed by atoms with van der Waals surface area (Å²) < 4.78 is 5.07. The molecule has 1 saturated heterocycles. The van der Waals surface area contributed by atoms with Crippen LogP contribution in [0.15, 0.2) is 36.4 Å². The summed E-state index contributed by atoms with van der Waals surface area (Å²) in [6.45, 7) is 9.16. The minimum Gasteiger partial charge on any atom is -0.385 e. The minimum absolute atomic E-state index is 0.140. The van der Waals surface area contributed by atoms with Gasteiger partial charge in [-0.2, -0.15) is 0 Å². The van der Waals surface area contributed by atoms with Crippen LogP contribution in [0, 0.1) is 19.8 Å². The smallest absolute Gasteiger partial charge is 0.323 e. The second-order valence-electron chi connectivity index (χ2n) is 8.85. The van der Waals surface area contributed by atoms with Gasteiger partial charge < -0.3 is 25.6 Å². The van der Waals surface area contributed by atoms with Crippen LogP contribution in [0.5, 0.6) is 0 Å². The molecule has 1 aliphatic heterocycles. The summed E-state index contributed by atoms with van der Waals surface area (Å²) in [6, 6.07) is 11.1. The number of anilines is 3. The molecule has 0 aliphatic carbocycles. The fraction of sp³-hybridized carbons (Fsp3) is 0.462. The molecule has 3 amide bonds. The molecule has 0 spiro atoms. The molecule has 1 fully saturated rings. The molecule has 7 nitrogen and oxygen atoms in total. The van der Waals surface area contributed by atoms with Crippen LogP contribution >= 0.6 is 0 Å². The van der Waals surface area contributed by atoms with Crippen LogP contribution in [0.4, 0.5) is 21.9 Å². The maximum atomic E-state index is 13.0. The van der Waals surface area contributed by atoms with Gasteiger partial charge in [0, 0.05) is 50.4 Å². The lowest BCUT2D eigenvalue weighted by Gasteiger charge is -2.33. The van der Waals surface area contributed by atoms with Gasteiger partial charge in [0.15, 0.2) is 0 Å². The number of amides is 3. The largest absolute Gasteiger partial charge is 0.385 e. The highest BCUT2D eigenvalue weighted by atomic mass is 16.5. The Morgan fingerprint density at radius 2 is 1.76 bits per heavy atom. The number of ether oxygens (including phenoxy) is 1. The normalized spacial score (nSPS) is 14.1. The zero-order valence-corrected chi connectivity index (χ0v) is 20.2. The molecule has 0 saturated carbocycles. The van der Waals surface area contributed by atoms with Gasteiger partial charge in [-0.15, -0.1) is 0 Å². The van der Waals surface area contributed by atoms with E-state index in [4.69, 9.17) is 4.74 Å². The lowest BCUT2D eigenvalue weighted by atomic mass is 9.98. The topological polar surface area (TPSA) is 82.7 Å². The van der Waals surface area contributed by atoms with E-state index in [1.807, 2.05) is 44.2 Å². The highest BCUT2D eigenvalue weighted by Gasteiger charge is 2.22. The predicted molar refractivity (Wildman–Crippen MR) is 134 cm³/mol. The first kappa shape index (κ1) is 24.6. The molecule has 7 heteroatoms. The molecule has 0 bridgehead atoms. The highest BCUT2D eigenvalue weighted by molar-refractivity contribution is 6.04. The standard InChI is InChI=1S/C26H36N4O3/c1-18-11-14-30(15-12-18)23-10-9-21(17-22(23)25(31)27-13-6-16-33-4)28-26(32)29-24-19(2)7-5-8-20(24)3/h5,7-10,17-18H,6,11-16H2,1-4H3,(H,27,31)(H2,28,29,32). The minimum atomic E-state index is -0.335. The van der Waals surface area contributed by atoms with E-state index in [1.165, 1.54) is 0 Å². The average molecular weight is 453 g/mol. The van der Waals surface area contributed by atoms with Crippen LogP contribution < -0.4 is 20.9 Å². The Morgan fingerprint density at radius 3 is 2.42 bits per heavy atom. The molecule has 33 heavy (non-hydrogen) atoms. The van der Waals surface area contributed by atoms with Crippen LogP contribution in [-0.2, 0) is 4.74 Å². The number of hydrogen-bond donors (Lipinski definition) is 3. The second-order valence-corrected chi connectivity index (χ2v) is 8.85. The third-order valence-corrected chi connectivity index (χ3v) is 6.15. The average Bonchev–Trinajstić information content (AvgIpc) is 2.80. The van der Waals surface area contributed by atoms with Gasteiger partial charge in [0.25, 0.3) is 5.91 Å². The van der Waals surface area contributed by atoms with E-state index in [1.54, 1.807) is 13.2 Å². The van der Waals surface area contributed by atoms with Gasteiger partial charge in [-0.1, -0.05) is 25.1 Å². The second kappa shape index (κ2) is 11.7. The number of aryl methyl sites for hydroxylation is 2. The summed E-state index contributed by atoms with van der Waals surface area (Å²) in [4.78, 5) is 28.0. The molecule has 2 aromatic rings. The van der Waals surface area contributed by atoms with Crippen molar-refractivity contribution < 1.29 is 14.3 Å². The molecule has 1 heterocycles. The summed E-state index contributed by atoms with van der Waals surface area (Å²) in [5, 5.41) is 8.80. The van der Waals surface area contributed by atoms with Crippen LogP contribution in [0.25, 0.3) is 0 Å². The van der Waals surface area contributed by atoms with Crippen LogP contribution in [-0.4, -0.2) is 45.3 Å². The monoisotopic (exact) mass is 452 g/mol. The summed E-state index contributed by atoms with van der Waals surface area (Å²) >= 11 is 0. The van der Waals surface area contributed by atoms with E-state index in [9.17, 15) is 9.59 Å². The summed E-state index contributed by atoms with van der Waals surface area (Å²) in [5.41, 5.74) is 4.85. The van der Waals surface area contributed by atoms with Crippen LogP contribution in [0.3, 0.4) is 0 Å². The number of carbonyl (C=O) groups is 2. The molecular formula is C26H36N4O3. The Hall–Kier alpha value is -3.06. The lowest BCUT2D eigenvalue weighted by Crippen LogP contribution is -2.35. The van der Waals surface area contributed by atoms with Gasteiger partial charge in [-0.3, -0.25) is 4.79 Å². The van der Waals surface area contributed by atoms with Crippen molar-refractivity contribution in [3.05, 3.63) is 53.1 Å². The molecule has 2 aromatic carbocycles. The number of carbonyl (C=O) groups excluding carboxylic acids is 2. The molecule has 0 radical (unpaired) electrons. The van der Waals surface area contributed by atoms with Gasteiger partial charge in [-0.05, 0) is 68.4 Å². The molecular weight excluding hydrogens is 416 g/mol. The molecule has 0 unspecified atom stereocenters. The number of para-hydroxylation sites is 1. The maximum absolute atomic E-state index is 13.0. The third kappa shape index (κ3) is 6.71. The molecule has 178 valence electrons. The molecule has 3 rings (SSSR count). The lowest BCUT2D eigenvalue weighted by molar-refractivity contribution is 0.0949. The van der Waals surface area contributed by atoms with E-state index >= 15 is 0 Å². The van der Waals surface area contributed by atoms with Gasteiger partial charge in [0.05, 0.1) is 5.56 Å². The van der Waals surface area contributed by atoms with Crippen molar-refractivity contribution in [1.82, 2.24) is 5.32 Å². The van der Waals surface area contributed by atoms with Gasteiger partial charge >= 0.3 is 6.03 Å². The fourth-order valence-corrected chi connectivity index (χ4v) is 4.12. The van der Waals surface area contributed by atoms with Crippen LogP contribution in [0.1, 0.15) is 47.7 Å². The summed E-state index contributed by atoms with van der Waals surface area (Å²) in [7, 11) is 1.65. The van der Waals surface area contributed by atoms with Crippen molar-refractivity contribution in [2.75, 3.05) is 48.9 Å². The van der Waals surface area contributed by atoms with Crippen molar-refractivity contribution in [2.45, 2.75) is 40.0 Å². The first-order chi connectivity index (χ1) is 15.9. The zero-order chi connectivity index (χ0) is 23.8. The van der Waals surface area contributed by atoms with E-state index in [0.717, 1.165) is 54.9 Å². The highest BCUT2D eigenvalue weighted by Crippen LogP contribution is 2.29. The molecule has 1 aliphatic rings. The van der Waals surface area contributed by atoms with E-state index in [0.29, 0.717) is 30.3 Å². The van der Waals surface area contributed by atoms with E-state index in [-0.39, 0.29) is 11.9 Å². The summed E-state index contributed by atoms with van der Waals surface area (Å²) in [6.07, 6.45) is 2.95.